The molecule has 67 heavy (non-hydrogen) atoms. The predicted octanol–water partition coefficient (Wildman–Crippen LogP) is 12.7. The van der Waals surface area contributed by atoms with Crippen LogP contribution in [0.2, 0.25) is 0 Å². The number of carbonyl (C=O) groups is 1. The van der Waals surface area contributed by atoms with E-state index in [1.165, 1.54) is 193 Å². The maximum atomic E-state index is 13.1. The fourth-order valence-electron chi connectivity index (χ4n) is 9.22. The van der Waals surface area contributed by atoms with E-state index in [9.17, 15) is 38.2 Å². The number of carbonyl (C=O) groups excluding carboxylic acids is 1. The quantitative estimate of drug-likeness (QED) is 0.0193. The first-order valence-electron chi connectivity index (χ1n) is 28.1. The normalized spacial score (nSPS) is 19.9. The minimum atomic E-state index is -5.08. The minimum Gasteiger partial charge on any atom is -0.394 e. The van der Waals surface area contributed by atoms with Gasteiger partial charge in [-0.15, -0.1) is 0 Å². The number of ether oxygens (including phenoxy) is 2. The van der Waals surface area contributed by atoms with Gasteiger partial charge < -0.3 is 35.2 Å². The van der Waals surface area contributed by atoms with Gasteiger partial charge in [0.2, 0.25) is 5.91 Å². The summed E-state index contributed by atoms with van der Waals surface area (Å²) in [6.45, 7) is 3.47. The van der Waals surface area contributed by atoms with E-state index in [4.69, 9.17) is 9.47 Å². The molecule has 0 saturated carbocycles. The molecular formula is C54H105NO11S. The van der Waals surface area contributed by atoms with Gasteiger partial charge in [0.1, 0.15) is 24.4 Å². The molecule has 1 heterocycles. The molecule has 1 aliphatic rings. The van der Waals surface area contributed by atoms with Crippen LogP contribution >= 0.6 is 0 Å². The second-order valence-corrected chi connectivity index (χ2v) is 20.9. The maximum Gasteiger partial charge on any atom is 0.397 e. The van der Waals surface area contributed by atoms with Crippen LogP contribution < -0.4 is 5.32 Å². The van der Waals surface area contributed by atoms with Crippen LogP contribution in [0.5, 0.6) is 0 Å². The number of rotatable bonds is 49. The number of hydrogen-bond acceptors (Lipinski definition) is 10. The highest BCUT2D eigenvalue weighted by atomic mass is 32.3. The Balaban J connectivity index is 2.27. The lowest BCUT2D eigenvalue weighted by Gasteiger charge is -2.41. The van der Waals surface area contributed by atoms with E-state index in [2.05, 4.69) is 35.5 Å². The highest BCUT2D eigenvalue weighted by molar-refractivity contribution is 7.80. The van der Waals surface area contributed by atoms with Gasteiger partial charge in [0.15, 0.2) is 6.29 Å². The van der Waals surface area contributed by atoms with Crippen LogP contribution in [0.4, 0.5) is 0 Å². The zero-order valence-corrected chi connectivity index (χ0v) is 43.8. The standard InChI is InChI=1S/C54H105NO11S/c1-3-5-7-9-11-13-15-17-18-19-20-21-22-23-24-25-26-27-28-29-30-31-32-34-36-38-40-42-44-50(58)55-47(48(57)43-41-39-37-35-33-16-14-12-10-8-6-4-2)46-64-54-52(60)53(66-67(61,62)63)51(59)49(45-56)65-54/h23-24,47-49,51-54,56-57,59-60H,3-22,25-46H2,1-2H3,(H,55,58)(H,61,62,63)/b24-23-. The van der Waals surface area contributed by atoms with Crippen LogP contribution in [-0.2, 0) is 28.9 Å². The Labute approximate surface area is 410 Å². The molecule has 398 valence electrons. The van der Waals surface area contributed by atoms with Crippen LogP contribution in [0.1, 0.15) is 271 Å². The van der Waals surface area contributed by atoms with Crippen molar-refractivity contribution < 1.29 is 51.8 Å². The van der Waals surface area contributed by atoms with Gasteiger partial charge >= 0.3 is 10.4 Å². The van der Waals surface area contributed by atoms with Gasteiger partial charge in [0.05, 0.1) is 25.4 Å². The van der Waals surface area contributed by atoms with Crippen molar-refractivity contribution in [1.29, 1.82) is 0 Å². The molecule has 0 aromatic carbocycles. The smallest absolute Gasteiger partial charge is 0.394 e. The maximum absolute atomic E-state index is 13.1. The summed E-state index contributed by atoms with van der Waals surface area (Å²) in [6.07, 6.45) is 43.8. The summed E-state index contributed by atoms with van der Waals surface area (Å²) >= 11 is 0. The van der Waals surface area contributed by atoms with Gasteiger partial charge in [0, 0.05) is 6.42 Å². The van der Waals surface area contributed by atoms with Crippen molar-refractivity contribution in [2.75, 3.05) is 13.2 Å². The van der Waals surface area contributed by atoms with Crippen LogP contribution in [0.3, 0.4) is 0 Å². The third kappa shape index (κ3) is 37.3. The zero-order valence-electron chi connectivity index (χ0n) is 43.0. The highest BCUT2D eigenvalue weighted by Crippen LogP contribution is 2.26. The Hall–Kier alpha value is -1.16. The second-order valence-electron chi connectivity index (χ2n) is 19.9. The van der Waals surface area contributed by atoms with Crippen molar-refractivity contribution in [2.24, 2.45) is 0 Å². The summed E-state index contributed by atoms with van der Waals surface area (Å²) in [6, 6.07) is -0.855. The van der Waals surface area contributed by atoms with E-state index >= 15 is 0 Å². The first-order valence-corrected chi connectivity index (χ1v) is 29.4. The third-order valence-electron chi connectivity index (χ3n) is 13.6. The number of aliphatic hydroxyl groups excluding tert-OH is 4. The molecule has 12 nitrogen and oxygen atoms in total. The zero-order chi connectivity index (χ0) is 49.1. The molecule has 1 amide bonds. The molecule has 0 spiro atoms. The fraction of sp³-hybridized carbons (Fsp3) is 0.944. The van der Waals surface area contributed by atoms with Crippen LogP contribution in [0.15, 0.2) is 12.2 Å². The molecule has 7 unspecified atom stereocenters. The first-order chi connectivity index (χ1) is 32.5. The summed E-state index contributed by atoms with van der Waals surface area (Å²) in [7, 11) is -5.08. The van der Waals surface area contributed by atoms with Gasteiger partial charge in [-0.25, -0.2) is 4.18 Å². The van der Waals surface area contributed by atoms with Crippen LogP contribution in [-0.4, -0.2) is 95.4 Å². The number of amides is 1. The van der Waals surface area contributed by atoms with Gasteiger partial charge in [-0.2, -0.15) is 8.42 Å². The van der Waals surface area contributed by atoms with Gasteiger partial charge in [-0.1, -0.05) is 238 Å². The van der Waals surface area contributed by atoms with E-state index in [-0.39, 0.29) is 12.5 Å². The van der Waals surface area contributed by atoms with E-state index in [1.54, 1.807) is 0 Å². The van der Waals surface area contributed by atoms with Crippen molar-refractivity contribution >= 4 is 16.3 Å². The molecule has 0 aromatic heterocycles. The largest absolute Gasteiger partial charge is 0.397 e. The number of unbranched alkanes of at least 4 members (excludes halogenated alkanes) is 35. The average molecular weight is 976 g/mol. The average Bonchev–Trinajstić information content (AvgIpc) is 3.30. The van der Waals surface area contributed by atoms with Crippen molar-refractivity contribution in [3.8, 4) is 0 Å². The predicted molar refractivity (Wildman–Crippen MR) is 273 cm³/mol. The van der Waals surface area contributed by atoms with Gasteiger partial charge in [0.25, 0.3) is 0 Å². The SMILES string of the molecule is CCCCCCCCCCCCCC/C=C\CCCCCCCCCCCCCCC(=O)NC(COC1OC(CO)C(O)C(OS(=O)(=O)O)C1O)C(O)CCCCCCCCCCCCCC. The summed E-state index contributed by atoms with van der Waals surface area (Å²) in [4.78, 5) is 13.1. The molecule has 7 atom stereocenters. The molecule has 0 aliphatic carbocycles. The molecule has 13 heteroatoms. The van der Waals surface area contributed by atoms with Crippen molar-refractivity contribution in [3.05, 3.63) is 12.2 Å². The summed E-state index contributed by atoms with van der Waals surface area (Å²) in [5.41, 5.74) is 0. The van der Waals surface area contributed by atoms with Gasteiger partial charge in [-0.3, -0.25) is 9.35 Å². The lowest BCUT2D eigenvalue weighted by Crippen LogP contribution is -2.61. The fourth-order valence-corrected chi connectivity index (χ4v) is 9.73. The Kier molecular flexibility index (Phi) is 42.7. The van der Waals surface area contributed by atoms with Gasteiger partial charge in [-0.05, 0) is 38.5 Å². The molecule has 0 bridgehead atoms. The minimum absolute atomic E-state index is 0.227. The number of aliphatic hydroxyl groups is 4. The first kappa shape index (κ1) is 63.9. The Morgan fingerprint density at radius 2 is 0.955 bits per heavy atom. The van der Waals surface area contributed by atoms with Crippen LogP contribution in [0.25, 0.3) is 0 Å². The Bertz CT molecular complexity index is 1240. The molecule has 1 saturated heterocycles. The monoisotopic (exact) mass is 976 g/mol. The summed E-state index contributed by atoms with van der Waals surface area (Å²) in [5.74, 6) is -0.227. The number of hydrogen-bond donors (Lipinski definition) is 6. The lowest BCUT2D eigenvalue weighted by atomic mass is 9.99. The van der Waals surface area contributed by atoms with E-state index < -0.39 is 59.9 Å². The molecule has 0 radical (unpaired) electrons. The lowest BCUT2D eigenvalue weighted by molar-refractivity contribution is -0.298. The van der Waals surface area contributed by atoms with E-state index in [0.717, 1.165) is 51.4 Å². The molecule has 1 fully saturated rings. The molecule has 0 aromatic rings. The van der Waals surface area contributed by atoms with E-state index in [0.29, 0.717) is 12.8 Å². The Morgan fingerprint density at radius 1 is 0.582 bits per heavy atom. The number of nitrogens with one attached hydrogen (secondary N) is 1. The second kappa shape index (κ2) is 44.8. The van der Waals surface area contributed by atoms with Crippen molar-refractivity contribution in [3.63, 3.8) is 0 Å². The van der Waals surface area contributed by atoms with E-state index in [1.807, 2.05) is 0 Å². The summed E-state index contributed by atoms with van der Waals surface area (Å²) < 4.78 is 47.8. The molecule has 1 rings (SSSR count). The van der Waals surface area contributed by atoms with Crippen molar-refractivity contribution in [1.82, 2.24) is 5.32 Å². The highest BCUT2D eigenvalue weighted by Gasteiger charge is 2.48. The summed E-state index contributed by atoms with van der Waals surface area (Å²) in [5, 5.41) is 45.0. The Morgan fingerprint density at radius 3 is 1.34 bits per heavy atom. The molecule has 6 N–H and O–H groups in total. The van der Waals surface area contributed by atoms with Crippen molar-refractivity contribution in [2.45, 2.75) is 314 Å². The molecule has 1 aliphatic heterocycles. The number of allylic oxidation sites excluding steroid dienone is 2. The third-order valence-corrected chi connectivity index (χ3v) is 14.0. The molecular weight excluding hydrogens is 871 g/mol. The van der Waals surface area contributed by atoms with Crippen LogP contribution in [0, 0.1) is 0 Å². The topological polar surface area (TPSA) is 192 Å².